The standard InChI is InChI=1S/C30H28ClO3S/c1-20-16-24(35-19-22(3)25-11-7-9-13-27(25)35)17-21(2)29(20)33-18-28(32)34-30(4,5)15-14-23-10-6-8-12-26(23)31/h6-13,16-17,19H,18H2,1-5H3/q+1. The molecular formula is C30H28ClO3S+. The Morgan fingerprint density at radius 2 is 1.63 bits per heavy atom. The number of ether oxygens (including phenoxy) is 2. The van der Waals surface area contributed by atoms with Crippen LogP contribution in [0.1, 0.15) is 36.1 Å². The molecule has 0 bridgehead atoms. The van der Waals surface area contributed by atoms with Crippen molar-refractivity contribution in [3.63, 3.8) is 0 Å². The van der Waals surface area contributed by atoms with Gasteiger partial charge in [0.05, 0.1) is 5.02 Å². The maximum atomic E-state index is 12.5. The number of rotatable bonds is 5. The molecule has 1 aromatic heterocycles. The predicted octanol–water partition coefficient (Wildman–Crippen LogP) is 7.91. The Balaban J connectivity index is 1.46. The number of benzene rings is 3. The van der Waals surface area contributed by atoms with E-state index in [1.165, 1.54) is 20.5 Å². The Hall–Kier alpha value is -3.26. The number of carbonyl (C=O) groups is 1. The van der Waals surface area contributed by atoms with Gasteiger partial charge in [0, 0.05) is 39.1 Å². The lowest BCUT2D eigenvalue weighted by molar-refractivity contribution is -0.154. The molecule has 1 unspecified atom stereocenters. The molecule has 0 radical (unpaired) electrons. The lowest BCUT2D eigenvalue weighted by Gasteiger charge is -2.19. The second-order valence-electron chi connectivity index (χ2n) is 9.02. The van der Waals surface area contributed by atoms with Gasteiger partial charge >= 0.3 is 5.97 Å². The van der Waals surface area contributed by atoms with Crippen LogP contribution in [0.4, 0.5) is 0 Å². The van der Waals surface area contributed by atoms with Gasteiger partial charge in [-0.05, 0) is 70.0 Å². The molecule has 4 aromatic rings. The number of aryl methyl sites for hydroxylation is 3. The summed E-state index contributed by atoms with van der Waals surface area (Å²) in [5.74, 6) is 6.21. The smallest absolute Gasteiger partial charge is 0.345 e. The fourth-order valence-electron chi connectivity index (χ4n) is 4.00. The maximum Gasteiger partial charge on any atom is 0.345 e. The van der Waals surface area contributed by atoms with E-state index in [4.69, 9.17) is 21.1 Å². The second kappa shape index (κ2) is 10.2. The van der Waals surface area contributed by atoms with Gasteiger partial charge in [-0.2, -0.15) is 0 Å². The molecule has 1 atom stereocenters. The fraction of sp³-hybridized carbons (Fsp3) is 0.233. The number of carbonyl (C=O) groups excluding carboxylic acids is 1. The Bertz CT molecular complexity index is 1450. The molecule has 0 aliphatic carbocycles. The summed E-state index contributed by atoms with van der Waals surface area (Å²) in [6.07, 6.45) is 0. The Morgan fingerprint density at radius 1 is 0.971 bits per heavy atom. The zero-order valence-electron chi connectivity index (χ0n) is 20.6. The van der Waals surface area contributed by atoms with Crippen molar-refractivity contribution in [3.8, 4) is 22.5 Å². The number of halogens is 1. The van der Waals surface area contributed by atoms with E-state index in [9.17, 15) is 4.79 Å². The van der Waals surface area contributed by atoms with E-state index in [0.717, 1.165) is 11.1 Å². The molecule has 5 heteroatoms. The lowest BCUT2D eigenvalue weighted by Crippen LogP contribution is -2.29. The van der Waals surface area contributed by atoms with Crippen molar-refractivity contribution in [1.29, 1.82) is 0 Å². The van der Waals surface area contributed by atoms with Crippen LogP contribution in [0.25, 0.3) is 15.0 Å². The van der Waals surface area contributed by atoms with Crippen molar-refractivity contribution in [2.75, 3.05) is 6.61 Å². The van der Waals surface area contributed by atoms with E-state index >= 15 is 0 Å². The molecule has 0 aliphatic heterocycles. The van der Waals surface area contributed by atoms with Gasteiger partial charge in [0.15, 0.2) is 21.8 Å². The highest BCUT2D eigenvalue weighted by molar-refractivity contribution is 7.43. The number of esters is 1. The molecular weight excluding hydrogens is 476 g/mol. The number of fused-ring (bicyclic) bond motifs is 1. The summed E-state index contributed by atoms with van der Waals surface area (Å²) in [7, 11) is -0.105. The van der Waals surface area contributed by atoms with Crippen LogP contribution in [0, 0.1) is 32.6 Å². The first-order valence-electron chi connectivity index (χ1n) is 11.4. The first-order chi connectivity index (χ1) is 16.6. The van der Waals surface area contributed by atoms with Crippen molar-refractivity contribution in [2.45, 2.75) is 40.2 Å². The van der Waals surface area contributed by atoms with Gasteiger partial charge < -0.3 is 9.47 Å². The molecule has 0 aliphatic rings. The van der Waals surface area contributed by atoms with Crippen LogP contribution in [0.2, 0.25) is 5.02 Å². The maximum absolute atomic E-state index is 12.5. The van der Waals surface area contributed by atoms with Crippen molar-refractivity contribution < 1.29 is 14.3 Å². The first-order valence-corrected chi connectivity index (χ1v) is 13.1. The van der Waals surface area contributed by atoms with Gasteiger partial charge in [-0.25, -0.2) is 4.79 Å². The average Bonchev–Trinajstić information content (AvgIpc) is 3.14. The Morgan fingerprint density at radius 3 is 2.34 bits per heavy atom. The summed E-state index contributed by atoms with van der Waals surface area (Å²) in [5.41, 5.74) is 3.01. The number of thiophene rings is 1. The van der Waals surface area contributed by atoms with Crippen LogP contribution < -0.4 is 4.74 Å². The van der Waals surface area contributed by atoms with E-state index in [2.05, 4.69) is 60.5 Å². The minimum atomic E-state index is -0.977. The SMILES string of the molecule is Cc1cc(-[s+]2cc(C)c3ccccc32)cc(C)c1OCC(=O)OC(C)(C)C#Cc1ccccc1Cl. The van der Waals surface area contributed by atoms with Gasteiger partial charge in [0.1, 0.15) is 11.1 Å². The average molecular weight is 504 g/mol. The molecule has 0 N–H and O–H groups in total. The molecule has 3 nitrogen and oxygen atoms in total. The summed E-state index contributed by atoms with van der Waals surface area (Å²) >= 11 is 6.16. The van der Waals surface area contributed by atoms with Gasteiger partial charge in [0.25, 0.3) is 0 Å². The predicted molar refractivity (Wildman–Crippen MR) is 146 cm³/mol. The fourth-order valence-corrected chi connectivity index (χ4v) is 6.48. The third-order valence-electron chi connectivity index (χ3n) is 5.61. The highest BCUT2D eigenvalue weighted by atomic mass is 35.5. The number of hydrogen-bond acceptors (Lipinski definition) is 3. The Kier molecular flexibility index (Phi) is 7.21. The van der Waals surface area contributed by atoms with Crippen LogP contribution in [0.3, 0.4) is 0 Å². The van der Waals surface area contributed by atoms with Crippen LogP contribution >= 0.6 is 22.1 Å². The van der Waals surface area contributed by atoms with Crippen molar-refractivity contribution in [2.24, 2.45) is 0 Å². The molecule has 3 aromatic carbocycles. The second-order valence-corrected chi connectivity index (χ2v) is 11.3. The van der Waals surface area contributed by atoms with Crippen molar-refractivity contribution in [3.05, 3.63) is 93.3 Å². The van der Waals surface area contributed by atoms with E-state index in [1.807, 2.05) is 32.0 Å². The molecule has 4 rings (SSSR count). The third kappa shape index (κ3) is 5.70. The highest BCUT2D eigenvalue weighted by Gasteiger charge is 2.23. The summed E-state index contributed by atoms with van der Waals surface area (Å²) < 4.78 is 12.8. The van der Waals surface area contributed by atoms with Gasteiger partial charge in [-0.15, -0.1) is 0 Å². The molecule has 0 spiro atoms. The quantitative estimate of drug-likeness (QED) is 0.158. The molecule has 1 heterocycles. The van der Waals surface area contributed by atoms with E-state index < -0.39 is 11.6 Å². The van der Waals surface area contributed by atoms with Crippen LogP contribution in [0.5, 0.6) is 5.75 Å². The number of hydrogen-bond donors (Lipinski definition) is 0. The van der Waals surface area contributed by atoms with Crippen molar-refractivity contribution in [1.82, 2.24) is 0 Å². The van der Waals surface area contributed by atoms with Crippen LogP contribution in [-0.4, -0.2) is 18.2 Å². The third-order valence-corrected chi connectivity index (χ3v) is 8.10. The molecule has 178 valence electrons. The Labute approximate surface area is 214 Å². The van der Waals surface area contributed by atoms with Gasteiger partial charge in [-0.3, -0.25) is 0 Å². The summed E-state index contributed by atoms with van der Waals surface area (Å²) in [5, 5.41) is 4.21. The summed E-state index contributed by atoms with van der Waals surface area (Å²) in [6.45, 7) is 9.49. The summed E-state index contributed by atoms with van der Waals surface area (Å²) in [6, 6.07) is 20.2. The first kappa shape index (κ1) is 24.9. The van der Waals surface area contributed by atoms with E-state index in [-0.39, 0.29) is 17.1 Å². The minimum Gasteiger partial charge on any atom is -0.481 e. The molecule has 35 heavy (non-hydrogen) atoms. The molecule has 0 saturated heterocycles. The normalized spacial score (nSPS) is 11.7. The van der Waals surface area contributed by atoms with Crippen LogP contribution in [-0.2, 0) is 9.53 Å². The zero-order chi connectivity index (χ0) is 25.2. The monoisotopic (exact) mass is 503 g/mol. The largest absolute Gasteiger partial charge is 0.481 e. The van der Waals surface area contributed by atoms with Crippen molar-refractivity contribution >= 4 is 38.1 Å². The minimum absolute atomic E-state index is 0.105. The van der Waals surface area contributed by atoms with Gasteiger partial charge in [-0.1, -0.05) is 47.7 Å². The van der Waals surface area contributed by atoms with Gasteiger partial charge in [0.2, 0.25) is 0 Å². The van der Waals surface area contributed by atoms with E-state index in [1.54, 1.807) is 19.9 Å². The zero-order valence-corrected chi connectivity index (χ0v) is 22.1. The lowest BCUT2D eigenvalue weighted by atomic mass is 10.1. The summed E-state index contributed by atoms with van der Waals surface area (Å²) in [4.78, 5) is 13.8. The molecule has 0 fully saturated rings. The molecule has 0 amide bonds. The van der Waals surface area contributed by atoms with Crippen LogP contribution in [0.15, 0.2) is 66.0 Å². The highest BCUT2D eigenvalue weighted by Crippen LogP contribution is 2.43. The van der Waals surface area contributed by atoms with E-state index in [0.29, 0.717) is 16.3 Å². The molecule has 0 saturated carbocycles. The topological polar surface area (TPSA) is 35.5 Å².